The first-order valence-corrected chi connectivity index (χ1v) is 11.7. The molecule has 2 N–H and O–H groups in total. The van der Waals surface area contributed by atoms with Gasteiger partial charge in [-0.15, -0.1) is 24.0 Å². The highest BCUT2D eigenvalue weighted by Crippen LogP contribution is 2.16. The Morgan fingerprint density at radius 3 is 2.39 bits per heavy atom. The predicted molar refractivity (Wildman–Crippen MR) is 139 cm³/mol. The van der Waals surface area contributed by atoms with E-state index in [4.69, 9.17) is 4.74 Å². The minimum absolute atomic E-state index is 0. The second kappa shape index (κ2) is 13.9. The van der Waals surface area contributed by atoms with Crippen molar-refractivity contribution in [3.8, 4) is 0 Å². The molecule has 0 aliphatic carbocycles. The monoisotopic (exact) mass is 558 g/mol. The third kappa shape index (κ3) is 8.59. The molecule has 31 heavy (non-hydrogen) atoms. The predicted octanol–water partition coefficient (Wildman–Crippen LogP) is 4.00. The van der Waals surface area contributed by atoms with E-state index in [1.54, 1.807) is 24.9 Å². The van der Waals surface area contributed by atoms with E-state index in [-0.39, 0.29) is 29.8 Å². The third-order valence-electron chi connectivity index (χ3n) is 5.13. The van der Waals surface area contributed by atoms with Crippen LogP contribution in [0.4, 0.5) is 4.39 Å². The lowest BCUT2D eigenvalue weighted by molar-refractivity contribution is 0.0342. The van der Waals surface area contributed by atoms with Crippen LogP contribution in [0.15, 0.2) is 47.5 Å². The Morgan fingerprint density at radius 1 is 1.03 bits per heavy atom. The standard InChI is InChI=1S/C23H31FN4OS.HI/c1-25-23(27-15-20-7-8-22(24)13-21(20)17-30-2)26-14-18-3-5-19(6-4-18)16-28-9-11-29-12-10-28;/h3-8,13H,9-12,14-17H2,1-2H3,(H2,25,26,27);1H. The van der Waals surface area contributed by atoms with Crippen molar-refractivity contribution in [2.75, 3.05) is 39.6 Å². The zero-order chi connectivity index (χ0) is 21.2. The van der Waals surface area contributed by atoms with Crippen molar-refractivity contribution in [1.29, 1.82) is 0 Å². The van der Waals surface area contributed by atoms with Gasteiger partial charge in [-0.05, 0) is 40.6 Å². The molecule has 1 aliphatic rings. The van der Waals surface area contributed by atoms with Gasteiger partial charge in [-0.1, -0.05) is 30.3 Å². The number of hydrogen-bond donors (Lipinski definition) is 2. The Kier molecular flexibility index (Phi) is 11.6. The molecule has 8 heteroatoms. The first-order valence-electron chi connectivity index (χ1n) is 10.3. The molecule has 0 bridgehead atoms. The summed E-state index contributed by atoms with van der Waals surface area (Å²) in [5, 5.41) is 6.68. The number of rotatable bonds is 8. The number of halogens is 2. The summed E-state index contributed by atoms with van der Waals surface area (Å²) in [4.78, 5) is 6.72. The topological polar surface area (TPSA) is 48.9 Å². The lowest BCUT2D eigenvalue weighted by Crippen LogP contribution is -2.36. The number of benzene rings is 2. The molecule has 5 nitrogen and oxygen atoms in total. The van der Waals surface area contributed by atoms with Crippen LogP contribution in [0.25, 0.3) is 0 Å². The van der Waals surface area contributed by atoms with E-state index < -0.39 is 0 Å². The number of guanidine groups is 1. The van der Waals surface area contributed by atoms with Crippen molar-refractivity contribution in [2.24, 2.45) is 4.99 Å². The number of hydrogen-bond acceptors (Lipinski definition) is 4. The molecule has 170 valence electrons. The summed E-state index contributed by atoms with van der Waals surface area (Å²) in [7, 11) is 1.76. The fraction of sp³-hybridized carbons (Fsp3) is 0.435. The van der Waals surface area contributed by atoms with Crippen LogP contribution in [0.1, 0.15) is 22.3 Å². The summed E-state index contributed by atoms with van der Waals surface area (Å²) in [6.45, 7) is 5.91. The molecule has 2 aromatic carbocycles. The molecule has 1 aliphatic heterocycles. The van der Waals surface area contributed by atoms with Gasteiger partial charge in [0.25, 0.3) is 0 Å². The van der Waals surface area contributed by atoms with Crippen molar-refractivity contribution in [2.45, 2.75) is 25.4 Å². The Morgan fingerprint density at radius 2 is 1.71 bits per heavy atom. The minimum Gasteiger partial charge on any atom is -0.379 e. The maximum Gasteiger partial charge on any atom is 0.191 e. The largest absolute Gasteiger partial charge is 0.379 e. The fourth-order valence-electron chi connectivity index (χ4n) is 3.42. The Hall–Kier alpha value is -1.36. The first-order chi connectivity index (χ1) is 14.7. The highest BCUT2D eigenvalue weighted by Gasteiger charge is 2.10. The van der Waals surface area contributed by atoms with Crippen LogP contribution >= 0.6 is 35.7 Å². The lowest BCUT2D eigenvalue weighted by Gasteiger charge is -2.26. The number of thioether (sulfide) groups is 1. The zero-order valence-electron chi connectivity index (χ0n) is 18.2. The Bertz CT molecular complexity index is 829. The molecule has 0 aromatic heterocycles. The van der Waals surface area contributed by atoms with Gasteiger partial charge in [0.15, 0.2) is 5.96 Å². The number of nitrogens with zero attached hydrogens (tertiary/aromatic N) is 2. The molecule has 0 radical (unpaired) electrons. The maximum atomic E-state index is 13.5. The van der Waals surface area contributed by atoms with E-state index in [1.165, 1.54) is 17.2 Å². The molecule has 2 aromatic rings. The van der Waals surface area contributed by atoms with Crippen molar-refractivity contribution >= 4 is 41.7 Å². The highest BCUT2D eigenvalue weighted by atomic mass is 127. The second-order valence-corrected chi connectivity index (χ2v) is 8.20. The second-order valence-electron chi connectivity index (χ2n) is 7.33. The first kappa shape index (κ1) is 25.9. The smallest absolute Gasteiger partial charge is 0.191 e. The van der Waals surface area contributed by atoms with E-state index in [2.05, 4.69) is 44.8 Å². The lowest BCUT2D eigenvalue weighted by atomic mass is 10.1. The van der Waals surface area contributed by atoms with Crippen molar-refractivity contribution in [1.82, 2.24) is 15.5 Å². The third-order valence-corrected chi connectivity index (χ3v) is 5.73. The van der Waals surface area contributed by atoms with Gasteiger partial charge in [0.1, 0.15) is 5.82 Å². The van der Waals surface area contributed by atoms with Gasteiger partial charge in [0, 0.05) is 45.5 Å². The van der Waals surface area contributed by atoms with E-state index in [0.29, 0.717) is 13.1 Å². The number of nitrogens with one attached hydrogen (secondary N) is 2. The van der Waals surface area contributed by atoms with Gasteiger partial charge in [-0.2, -0.15) is 11.8 Å². The number of morpholine rings is 1. The normalized spacial score (nSPS) is 14.7. The van der Waals surface area contributed by atoms with Gasteiger partial charge in [-0.3, -0.25) is 9.89 Å². The van der Waals surface area contributed by atoms with E-state index >= 15 is 0 Å². The van der Waals surface area contributed by atoms with Gasteiger partial charge in [-0.25, -0.2) is 4.39 Å². The van der Waals surface area contributed by atoms with Crippen LogP contribution in [0.3, 0.4) is 0 Å². The van der Waals surface area contributed by atoms with E-state index in [9.17, 15) is 4.39 Å². The molecule has 3 rings (SSSR count). The van der Waals surface area contributed by atoms with Crippen LogP contribution < -0.4 is 10.6 Å². The minimum atomic E-state index is -0.192. The van der Waals surface area contributed by atoms with Crippen LogP contribution in [-0.4, -0.2) is 50.5 Å². The van der Waals surface area contributed by atoms with Crippen LogP contribution in [0, 0.1) is 5.82 Å². The van der Waals surface area contributed by atoms with Crippen LogP contribution in [-0.2, 0) is 30.1 Å². The van der Waals surface area contributed by atoms with Crippen molar-refractivity contribution in [3.63, 3.8) is 0 Å². The van der Waals surface area contributed by atoms with Crippen LogP contribution in [0.5, 0.6) is 0 Å². The van der Waals surface area contributed by atoms with Crippen LogP contribution in [0.2, 0.25) is 0 Å². The molecule has 0 unspecified atom stereocenters. The molecule has 0 spiro atoms. The molecular formula is C23H32FIN4OS. The summed E-state index contributed by atoms with van der Waals surface area (Å²) in [6.07, 6.45) is 2.02. The summed E-state index contributed by atoms with van der Waals surface area (Å²) in [5.41, 5.74) is 4.62. The molecule has 0 atom stereocenters. The number of aliphatic imine (C=N–C) groups is 1. The summed E-state index contributed by atoms with van der Waals surface area (Å²) < 4.78 is 18.9. The van der Waals surface area contributed by atoms with Crippen molar-refractivity contribution < 1.29 is 9.13 Å². The highest BCUT2D eigenvalue weighted by molar-refractivity contribution is 14.0. The zero-order valence-corrected chi connectivity index (χ0v) is 21.3. The molecule has 1 fully saturated rings. The van der Waals surface area contributed by atoms with E-state index in [1.807, 2.05) is 12.3 Å². The summed E-state index contributed by atoms with van der Waals surface area (Å²) in [6, 6.07) is 13.7. The summed E-state index contributed by atoms with van der Waals surface area (Å²) >= 11 is 1.69. The Balaban J connectivity index is 0.00000341. The van der Waals surface area contributed by atoms with Gasteiger partial charge < -0.3 is 15.4 Å². The SMILES string of the molecule is CN=C(NCc1ccc(CN2CCOCC2)cc1)NCc1ccc(F)cc1CSC.I. The maximum absolute atomic E-state index is 13.5. The molecule has 0 saturated carbocycles. The molecule has 0 amide bonds. The van der Waals surface area contributed by atoms with Gasteiger partial charge >= 0.3 is 0 Å². The molecule has 1 saturated heterocycles. The Labute approximate surface area is 206 Å². The quantitative estimate of drug-likeness (QED) is 0.292. The average molecular weight is 559 g/mol. The van der Waals surface area contributed by atoms with Gasteiger partial charge in [0.05, 0.1) is 13.2 Å². The average Bonchev–Trinajstić information content (AvgIpc) is 2.77. The van der Waals surface area contributed by atoms with Gasteiger partial charge in [0.2, 0.25) is 0 Å². The van der Waals surface area contributed by atoms with E-state index in [0.717, 1.165) is 55.7 Å². The van der Waals surface area contributed by atoms with Crippen molar-refractivity contribution in [3.05, 3.63) is 70.5 Å². The summed E-state index contributed by atoms with van der Waals surface area (Å²) in [5.74, 6) is 1.33. The fourth-order valence-corrected chi connectivity index (χ4v) is 4.00. The number of ether oxygens (including phenoxy) is 1. The molecular weight excluding hydrogens is 526 g/mol. The molecule has 1 heterocycles.